The second-order valence-corrected chi connectivity index (χ2v) is 4.51. The lowest BCUT2D eigenvalue weighted by molar-refractivity contribution is -0.117. The summed E-state index contributed by atoms with van der Waals surface area (Å²) < 4.78 is 4.70. The smallest absolute Gasteiger partial charge is 0.130 e. The molecule has 0 spiro atoms. The van der Waals surface area contributed by atoms with Crippen LogP contribution in [0.5, 0.6) is 0 Å². The quantitative estimate of drug-likeness (QED) is 0.811. The van der Waals surface area contributed by atoms with Gasteiger partial charge in [-0.25, -0.2) is 4.63 Å². The fraction of sp³-hybridized carbons (Fsp3) is 0.357. The van der Waals surface area contributed by atoms with Gasteiger partial charge in [-0.2, -0.15) is 0 Å². The van der Waals surface area contributed by atoms with Gasteiger partial charge in [0.1, 0.15) is 17.2 Å². The van der Waals surface area contributed by atoms with Gasteiger partial charge in [0.15, 0.2) is 0 Å². The van der Waals surface area contributed by atoms with Crippen molar-refractivity contribution in [3.8, 4) is 0 Å². The first-order valence-corrected chi connectivity index (χ1v) is 5.99. The summed E-state index contributed by atoms with van der Waals surface area (Å²) in [5.74, 6) is 0.312. The Balaban J connectivity index is 2.21. The molecule has 1 heterocycles. The summed E-state index contributed by atoms with van der Waals surface area (Å²) in [6.07, 6.45) is 1.19. The fourth-order valence-electron chi connectivity index (χ4n) is 2.05. The number of nitrogens with zero attached hydrogens (tertiary/aromatic N) is 2. The molecule has 2 rings (SSSR count). The first kappa shape index (κ1) is 12.5. The number of carbonyl (C=O) groups is 1. The van der Waals surface area contributed by atoms with Crippen LogP contribution in [0.2, 0.25) is 0 Å². The number of benzene rings is 1. The monoisotopic (exact) mass is 244 g/mol. The van der Waals surface area contributed by atoms with E-state index < -0.39 is 0 Å². The summed E-state index contributed by atoms with van der Waals surface area (Å²) in [6, 6.07) is 10.0. The van der Waals surface area contributed by atoms with Crippen LogP contribution in [-0.2, 0) is 11.2 Å². The van der Waals surface area contributed by atoms with E-state index in [2.05, 4.69) is 10.3 Å². The van der Waals surface area contributed by atoms with Crippen molar-refractivity contribution in [3.05, 3.63) is 47.3 Å². The van der Waals surface area contributed by atoms with Gasteiger partial charge in [0.05, 0.1) is 0 Å². The molecule has 18 heavy (non-hydrogen) atoms. The van der Waals surface area contributed by atoms with E-state index in [0.29, 0.717) is 12.8 Å². The molecule has 1 unspecified atom stereocenters. The Morgan fingerprint density at radius 3 is 2.56 bits per heavy atom. The lowest BCUT2D eigenvalue weighted by Crippen LogP contribution is -2.08. The second kappa shape index (κ2) is 5.58. The lowest BCUT2D eigenvalue weighted by atomic mass is 9.89. The minimum Gasteiger partial charge on any atom is -0.300 e. The number of Topliss-reactive ketones (excluding diaryl/α,β-unsaturated/α-hetero) is 1. The predicted molar refractivity (Wildman–Crippen MR) is 67.2 cm³/mol. The van der Waals surface area contributed by atoms with Crippen molar-refractivity contribution >= 4 is 5.78 Å². The molecular weight excluding hydrogens is 228 g/mol. The van der Waals surface area contributed by atoms with Crippen molar-refractivity contribution in [3.63, 3.8) is 0 Å². The van der Waals surface area contributed by atoms with Crippen molar-refractivity contribution in [2.45, 2.75) is 32.6 Å². The lowest BCUT2D eigenvalue weighted by Gasteiger charge is -2.14. The van der Waals surface area contributed by atoms with Gasteiger partial charge in [0.2, 0.25) is 0 Å². The molecule has 2 aromatic rings. The third kappa shape index (κ3) is 3.03. The number of aryl methyl sites for hydroxylation is 1. The van der Waals surface area contributed by atoms with E-state index in [1.807, 2.05) is 37.3 Å². The first-order valence-electron chi connectivity index (χ1n) is 5.99. The molecule has 0 aliphatic rings. The van der Waals surface area contributed by atoms with Gasteiger partial charge in [-0.3, -0.25) is 0 Å². The average Bonchev–Trinajstić information content (AvgIpc) is 2.75. The zero-order valence-electron chi connectivity index (χ0n) is 10.6. The molecule has 0 bridgehead atoms. The first-order chi connectivity index (χ1) is 8.66. The Morgan fingerprint density at radius 1 is 1.28 bits per heavy atom. The zero-order valence-corrected chi connectivity index (χ0v) is 10.6. The van der Waals surface area contributed by atoms with Gasteiger partial charge in [-0.15, -0.1) is 0 Å². The molecule has 1 aromatic heterocycles. The molecule has 0 saturated carbocycles. The minimum atomic E-state index is 0.134. The van der Waals surface area contributed by atoms with Gasteiger partial charge >= 0.3 is 0 Å². The molecule has 4 heteroatoms. The number of carbonyl (C=O) groups excluding carboxylic acids is 1. The van der Waals surface area contributed by atoms with Crippen LogP contribution in [0, 0.1) is 6.92 Å². The number of aromatic nitrogens is 2. The standard InChI is InChI=1S/C14H16N2O2/c1-10(17)8-13(12-6-4-3-5-7-12)9-14-11(2)15-18-16-14/h3-7,13H,8-9H2,1-2H3. The van der Waals surface area contributed by atoms with E-state index in [4.69, 9.17) is 4.63 Å². The third-order valence-electron chi connectivity index (χ3n) is 2.99. The number of hydrogen-bond donors (Lipinski definition) is 0. The fourth-order valence-corrected chi connectivity index (χ4v) is 2.05. The summed E-state index contributed by atoms with van der Waals surface area (Å²) in [7, 11) is 0. The average molecular weight is 244 g/mol. The molecule has 1 atom stereocenters. The molecule has 0 N–H and O–H groups in total. The maximum atomic E-state index is 11.4. The summed E-state index contributed by atoms with van der Waals surface area (Å²) in [5, 5.41) is 7.66. The van der Waals surface area contributed by atoms with Crippen molar-refractivity contribution in [2.75, 3.05) is 0 Å². The van der Waals surface area contributed by atoms with Crippen LogP contribution in [-0.4, -0.2) is 16.1 Å². The molecule has 94 valence electrons. The van der Waals surface area contributed by atoms with Crippen molar-refractivity contribution < 1.29 is 9.42 Å². The Hall–Kier alpha value is -1.97. The van der Waals surface area contributed by atoms with Crippen molar-refractivity contribution in [2.24, 2.45) is 0 Å². The molecule has 0 radical (unpaired) electrons. The van der Waals surface area contributed by atoms with Crippen LogP contribution in [0.1, 0.15) is 36.2 Å². The minimum absolute atomic E-state index is 0.134. The van der Waals surface area contributed by atoms with Crippen LogP contribution in [0.3, 0.4) is 0 Å². The highest BCUT2D eigenvalue weighted by Gasteiger charge is 2.18. The molecule has 0 amide bonds. The molecular formula is C14H16N2O2. The zero-order chi connectivity index (χ0) is 13.0. The van der Waals surface area contributed by atoms with E-state index in [0.717, 1.165) is 17.0 Å². The van der Waals surface area contributed by atoms with Crippen molar-refractivity contribution in [1.29, 1.82) is 0 Å². The van der Waals surface area contributed by atoms with Crippen LogP contribution >= 0.6 is 0 Å². The topological polar surface area (TPSA) is 56.0 Å². The number of rotatable bonds is 5. The molecule has 0 aliphatic carbocycles. The Kier molecular flexibility index (Phi) is 3.87. The Labute approximate surface area is 106 Å². The highest BCUT2D eigenvalue weighted by atomic mass is 16.6. The van der Waals surface area contributed by atoms with E-state index >= 15 is 0 Å². The van der Waals surface area contributed by atoms with Crippen LogP contribution in [0.4, 0.5) is 0 Å². The summed E-state index contributed by atoms with van der Waals surface area (Å²) >= 11 is 0. The molecule has 0 saturated heterocycles. The van der Waals surface area contributed by atoms with Gasteiger partial charge < -0.3 is 4.79 Å². The second-order valence-electron chi connectivity index (χ2n) is 4.51. The van der Waals surface area contributed by atoms with Crippen LogP contribution in [0.15, 0.2) is 35.0 Å². The summed E-state index contributed by atoms with van der Waals surface area (Å²) in [6.45, 7) is 3.48. The predicted octanol–water partition coefficient (Wildman–Crippen LogP) is 2.68. The highest BCUT2D eigenvalue weighted by Crippen LogP contribution is 2.24. The van der Waals surface area contributed by atoms with Gasteiger partial charge in [-0.05, 0) is 25.3 Å². The maximum absolute atomic E-state index is 11.4. The number of ketones is 1. The van der Waals surface area contributed by atoms with Gasteiger partial charge in [0.25, 0.3) is 0 Å². The molecule has 1 aromatic carbocycles. The molecule has 4 nitrogen and oxygen atoms in total. The SMILES string of the molecule is CC(=O)CC(Cc1nonc1C)c1ccccc1. The molecule has 0 aliphatic heterocycles. The normalized spacial score (nSPS) is 12.3. The molecule has 0 fully saturated rings. The van der Waals surface area contributed by atoms with E-state index in [1.54, 1.807) is 6.92 Å². The Bertz CT molecular complexity index is 520. The van der Waals surface area contributed by atoms with E-state index in [1.165, 1.54) is 0 Å². The third-order valence-corrected chi connectivity index (χ3v) is 2.99. The van der Waals surface area contributed by atoms with Crippen LogP contribution < -0.4 is 0 Å². The van der Waals surface area contributed by atoms with E-state index in [-0.39, 0.29) is 11.7 Å². The largest absolute Gasteiger partial charge is 0.300 e. The van der Waals surface area contributed by atoms with Gasteiger partial charge in [0, 0.05) is 12.8 Å². The maximum Gasteiger partial charge on any atom is 0.130 e. The summed E-state index contributed by atoms with van der Waals surface area (Å²) in [5.41, 5.74) is 2.76. The highest BCUT2D eigenvalue weighted by molar-refractivity contribution is 5.76. The van der Waals surface area contributed by atoms with E-state index in [9.17, 15) is 4.79 Å². The Morgan fingerprint density at radius 2 is 2.00 bits per heavy atom. The van der Waals surface area contributed by atoms with Crippen LogP contribution in [0.25, 0.3) is 0 Å². The van der Waals surface area contributed by atoms with Gasteiger partial charge in [-0.1, -0.05) is 40.6 Å². The van der Waals surface area contributed by atoms with Crippen molar-refractivity contribution in [1.82, 2.24) is 10.3 Å². The summed E-state index contributed by atoms with van der Waals surface area (Å²) in [4.78, 5) is 11.4. The number of hydrogen-bond acceptors (Lipinski definition) is 4.